The Morgan fingerprint density at radius 3 is 2.25 bits per heavy atom. The molecule has 1 aliphatic rings. The van der Waals surface area contributed by atoms with E-state index in [1.165, 1.54) is 5.56 Å². The molecule has 1 fully saturated rings. The maximum atomic E-state index is 12.5. The van der Waals surface area contributed by atoms with Crippen LogP contribution in [-0.4, -0.2) is 54.8 Å². The highest BCUT2D eigenvalue weighted by Crippen LogP contribution is 2.15. The van der Waals surface area contributed by atoms with Gasteiger partial charge >= 0.3 is 0 Å². The molecular formula is C22H26ClN3O2. The molecule has 2 aromatic carbocycles. The van der Waals surface area contributed by atoms with Crippen LogP contribution in [0.15, 0.2) is 48.5 Å². The van der Waals surface area contributed by atoms with Crippen LogP contribution < -0.4 is 5.32 Å². The third-order valence-electron chi connectivity index (χ3n) is 4.99. The molecule has 3 rings (SSSR count). The van der Waals surface area contributed by atoms with Gasteiger partial charge in [0.05, 0.1) is 0 Å². The normalized spacial score (nSPS) is 14.7. The predicted molar refractivity (Wildman–Crippen MR) is 113 cm³/mol. The Balaban J connectivity index is 1.45. The average molecular weight is 400 g/mol. The Labute approximate surface area is 171 Å². The Hall–Kier alpha value is -2.37. The molecule has 0 bridgehead atoms. The topological polar surface area (TPSA) is 52.6 Å². The van der Waals surface area contributed by atoms with Crippen molar-refractivity contribution in [1.29, 1.82) is 0 Å². The van der Waals surface area contributed by atoms with Crippen molar-refractivity contribution in [3.05, 3.63) is 64.7 Å². The molecule has 6 heteroatoms. The summed E-state index contributed by atoms with van der Waals surface area (Å²) in [4.78, 5) is 28.8. The number of hydrogen-bond acceptors (Lipinski definition) is 3. The molecule has 0 spiro atoms. The average Bonchev–Trinajstić information content (AvgIpc) is 2.70. The Bertz CT molecular complexity index is 798. The van der Waals surface area contributed by atoms with Crippen molar-refractivity contribution in [3.8, 4) is 0 Å². The van der Waals surface area contributed by atoms with Crippen molar-refractivity contribution < 1.29 is 9.59 Å². The number of carbonyl (C=O) groups excluding carboxylic acids is 2. The molecule has 0 aromatic heterocycles. The lowest BCUT2D eigenvalue weighted by atomic mass is 10.1. The number of nitrogens with one attached hydrogen (secondary N) is 1. The summed E-state index contributed by atoms with van der Waals surface area (Å²) in [6.45, 7) is 3.30. The predicted octanol–water partition coefficient (Wildman–Crippen LogP) is 3.69. The standard InChI is InChI=1S/C22H26ClN3O2/c1-25-13-15-26(16-14-25)22(28)18-7-11-20(12-8-18)24-21(27)4-2-3-17-5-9-19(23)10-6-17/h5-12H,2-4,13-16H2,1H3,(H,24,27). The van der Waals surface area contributed by atoms with Crippen LogP contribution in [0.3, 0.4) is 0 Å². The fourth-order valence-corrected chi connectivity index (χ4v) is 3.34. The fourth-order valence-electron chi connectivity index (χ4n) is 3.22. The second kappa shape index (κ2) is 9.71. The van der Waals surface area contributed by atoms with Crippen LogP contribution in [0.25, 0.3) is 0 Å². The lowest BCUT2D eigenvalue weighted by Gasteiger charge is -2.32. The summed E-state index contributed by atoms with van der Waals surface area (Å²) in [7, 11) is 2.06. The van der Waals surface area contributed by atoms with Gasteiger partial charge in [-0.25, -0.2) is 0 Å². The summed E-state index contributed by atoms with van der Waals surface area (Å²) in [6.07, 6.45) is 2.06. The Morgan fingerprint density at radius 2 is 1.61 bits per heavy atom. The van der Waals surface area contributed by atoms with Crippen LogP contribution in [-0.2, 0) is 11.2 Å². The van der Waals surface area contributed by atoms with E-state index >= 15 is 0 Å². The molecular weight excluding hydrogens is 374 g/mol. The fraction of sp³-hybridized carbons (Fsp3) is 0.364. The maximum Gasteiger partial charge on any atom is 0.253 e. The summed E-state index contributed by atoms with van der Waals surface area (Å²) < 4.78 is 0. The first-order valence-corrected chi connectivity index (χ1v) is 10.0. The van der Waals surface area contributed by atoms with E-state index < -0.39 is 0 Å². The number of benzene rings is 2. The minimum absolute atomic E-state index is 0.0212. The zero-order valence-corrected chi connectivity index (χ0v) is 16.9. The summed E-state index contributed by atoms with van der Waals surface area (Å²) >= 11 is 5.88. The molecule has 1 N–H and O–H groups in total. The zero-order chi connectivity index (χ0) is 19.9. The second-order valence-corrected chi connectivity index (χ2v) is 7.64. The summed E-state index contributed by atoms with van der Waals surface area (Å²) in [5.41, 5.74) is 2.54. The Morgan fingerprint density at radius 1 is 0.964 bits per heavy atom. The molecule has 2 aromatic rings. The maximum absolute atomic E-state index is 12.5. The van der Waals surface area contributed by atoms with Gasteiger partial charge in [-0.1, -0.05) is 23.7 Å². The first-order chi connectivity index (χ1) is 13.5. The summed E-state index contributed by atoms with van der Waals surface area (Å²) in [5, 5.41) is 3.62. The highest BCUT2D eigenvalue weighted by Gasteiger charge is 2.20. The lowest BCUT2D eigenvalue weighted by Crippen LogP contribution is -2.47. The number of likely N-dealkylation sites (N-methyl/N-ethyl adjacent to an activating group) is 1. The number of piperazine rings is 1. The third kappa shape index (κ3) is 5.81. The highest BCUT2D eigenvalue weighted by molar-refractivity contribution is 6.30. The van der Waals surface area contributed by atoms with Gasteiger partial charge in [-0.2, -0.15) is 0 Å². The van der Waals surface area contributed by atoms with Gasteiger partial charge in [0.2, 0.25) is 5.91 Å². The number of nitrogens with zero attached hydrogens (tertiary/aromatic N) is 2. The summed E-state index contributed by atoms with van der Waals surface area (Å²) in [5.74, 6) is 0.0287. The van der Waals surface area contributed by atoms with Crippen LogP contribution in [0, 0.1) is 0 Å². The summed E-state index contributed by atoms with van der Waals surface area (Å²) in [6, 6.07) is 14.8. The zero-order valence-electron chi connectivity index (χ0n) is 16.2. The monoisotopic (exact) mass is 399 g/mol. The number of aryl methyl sites for hydroxylation is 1. The van der Waals surface area contributed by atoms with E-state index in [2.05, 4.69) is 17.3 Å². The minimum atomic E-state index is -0.0212. The van der Waals surface area contributed by atoms with E-state index in [-0.39, 0.29) is 11.8 Å². The van der Waals surface area contributed by atoms with Gasteiger partial charge in [0.25, 0.3) is 5.91 Å². The van der Waals surface area contributed by atoms with Crippen molar-refractivity contribution in [2.24, 2.45) is 0 Å². The molecule has 1 saturated heterocycles. The highest BCUT2D eigenvalue weighted by atomic mass is 35.5. The molecule has 1 heterocycles. The second-order valence-electron chi connectivity index (χ2n) is 7.20. The molecule has 0 unspecified atom stereocenters. The van der Waals surface area contributed by atoms with Gasteiger partial charge in [-0.15, -0.1) is 0 Å². The van der Waals surface area contributed by atoms with Crippen molar-refractivity contribution in [2.75, 3.05) is 38.5 Å². The lowest BCUT2D eigenvalue weighted by molar-refractivity contribution is -0.116. The van der Waals surface area contributed by atoms with Crippen LogP contribution >= 0.6 is 11.6 Å². The molecule has 2 amide bonds. The van der Waals surface area contributed by atoms with Crippen molar-refractivity contribution >= 4 is 29.1 Å². The third-order valence-corrected chi connectivity index (χ3v) is 5.24. The molecule has 0 saturated carbocycles. The van der Waals surface area contributed by atoms with E-state index in [4.69, 9.17) is 11.6 Å². The van der Waals surface area contributed by atoms with Crippen molar-refractivity contribution in [3.63, 3.8) is 0 Å². The molecule has 28 heavy (non-hydrogen) atoms. The SMILES string of the molecule is CN1CCN(C(=O)c2ccc(NC(=O)CCCc3ccc(Cl)cc3)cc2)CC1. The van der Waals surface area contributed by atoms with Gasteiger partial charge in [0.1, 0.15) is 0 Å². The molecule has 0 atom stereocenters. The molecule has 5 nitrogen and oxygen atoms in total. The van der Waals surface area contributed by atoms with E-state index in [1.807, 2.05) is 29.2 Å². The van der Waals surface area contributed by atoms with Crippen LogP contribution in [0.5, 0.6) is 0 Å². The van der Waals surface area contributed by atoms with Crippen LogP contribution in [0.4, 0.5) is 5.69 Å². The minimum Gasteiger partial charge on any atom is -0.336 e. The molecule has 0 aliphatic carbocycles. The quantitative estimate of drug-likeness (QED) is 0.806. The Kier molecular flexibility index (Phi) is 7.06. The van der Waals surface area contributed by atoms with Gasteiger partial charge < -0.3 is 15.1 Å². The first kappa shape index (κ1) is 20.4. The van der Waals surface area contributed by atoms with Gasteiger partial charge in [-0.05, 0) is 61.9 Å². The number of halogens is 1. The molecule has 1 aliphatic heterocycles. The molecule has 148 valence electrons. The van der Waals surface area contributed by atoms with Gasteiger partial charge in [-0.3, -0.25) is 9.59 Å². The largest absolute Gasteiger partial charge is 0.336 e. The van der Waals surface area contributed by atoms with E-state index in [9.17, 15) is 9.59 Å². The van der Waals surface area contributed by atoms with Crippen molar-refractivity contribution in [2.45, 2.75) is 19.3 Å². The molecule has 0 radical (unpaired) electrons. The van der Waals surface area contributed by atoms with Gasteiger partial charge in [0.15, 0.2) is 0 Å². The number of amides is 2. The van der Waals surface area contributed by atoms with E-state index in [0.717, 1.165) is 44.0 Å². The van der Waals surface area contributed by atoms with E-state index in [1.54, 1.807) is 24.3 Å². The van der Waals surface area contributed by atoms with E-state index in [0.29, 0.717) is 17.7 Å². The van der Waals surface area contributed by atoms with Crippen LogP contribution in [0.2, 0.25) is 5.02 Å². The smallest absolute Gasteiger partial charge is 0.253 e. The first-order valence-electron chi connectivity index (χ1n) is 9.63. The number of anilines is 1. The van der Waals surface area contributed by atoms with Gasteiger partial charge in [0, 0.05) is 48.9 Å². The number of carbonyl (C=O) groups is 2. The number of hydrogen-bond donors (Lipinski definition) is 1. The van der Waals surface area contributed by atoms with Crippen molar-refractivity contribution in [1.82, 2.24) is 9.80 Å². The van der Waals surface area contributed by atoms with Crippen LogP contribution in [0.1, 0.15) is 28.8 Å². The number of rotatable bonds is 6.